The summed E-state index contributed by atoms with van der Waals surface area (Å²) in [6.45, 7) is 24.0. The van der Waals surface area contributed by atoms with E-state index in [1.54, 1.807) is 0 Å². The van der Waals surface area contributed by atoms with Crippen LogP contribution in [0.4, 0.5) is 0 Å². The van der Waals surface area contributed by atoms with Crippen molar-refractivity contribution in [1.82, 2.24) is 0 Å². The fraction of sp³-hybridized carbons (Fsp3) is 0.273. The summed E-state index contributed by atoms with van der Waals surface area (Å²) >= 11 is 0. The van der Waals surface area contributed by atoms with Gasteiger partial charge < -0.3 is 0 Å². The molecule has 0 saturated carbocycles. The minimum absolute atomic E-state index is 1.32. The molecule has 0 aromatic heterocycles. The minimum Gasteiger partial charge on any atom is -0.0683 e. The molecule has 44 heavy (non-hydrogen) atoms. The first-order valence-electron chi connectivity index (χ1n) is 17.2. The first-order valence-corrected chi connectivity index (χ1v) is 17.2. The largest absolute Gasteiger partial charge is 0.0683 e. The van der Waals surface area contributed by atoms with E-state index in [0.717, 1.165) is 0 Å². The quantitative estimate of drug-likeness (QED) is 0.181. The summed E-state index contributed by atoms with van der Waals surface area (Å²) in [5.41, 5.74) is 13.4. The minimum atomic E-state index is 1.32. The number of hydrogen-bond acceptors (Lipinski definition) is 0. The Bertz CT molecular complexity index is 1580. The van der Waals surface area contributed by atoms with Crippen LogP contribution in [-0.2, 0) is 0 Å². The zero-order chi connectivity index (χ0) is 32.8. The molecule has 0 bridgehead atoms. The summed E-state index contributed by atoms with van der Waals surface area (Å²) in [4.78, 5) is 0. The molecular weight excluding hydrogens is 528 g/mol. The number of benzene rings is 6. The number of hydrogen-bond donors (Lipinski definition) is 0. The molecule has 0 fully saturated rings. The van der Waals surface area contributed by atoms with Crippen molar-refractivity contribution in [3.8, 4) is 55.6 Å². The average molecular weight is 583 g/mol. The molecule has 0 amide bonds. The molecule has 0 nitrogen and oxygen atoms in total. The molecule has 0 N–H and O–H groups in total. The van der Waals surface area contributed by atoms with Crippen LogP contribution in [0.2, 0.25) is 0 Å². The molecule has 0 spiro atoms. The van der Waals surface area contributed by atoms with E-state index in [1.807, 2.05) is 83.1 Å². The number of rotatable bonds is 1. The molecule has 0 saturated heterocycles. The van der Waals surface area contributed by atoms with Crippen molar-refractivity contribution in [2.75, 3.05) is 0 Å². The molecule has 0 atom stereocenters. The maximum atomic E-state index is 2.33. The van der Waals surface area contributed by atoms with Gasteiger partial charge in [-0.3, -0.25) is 0 Å². The van der Waals surface area contributed by atoms with E-state index in [1.165, 1.54) is 77.2 Å². The second-order valence-electron chi connectivity index (χ2n) is 8.87. The predicted molar refractivity (Wildman–Crippen MR) is 204 cm³/mol. The highest BCUT2D eigenvalue weighted by Gasteiger charge is 2.25. The van der Waals surface area contributed by atoms with E-state index >= 15 is 0 Å². The van der Waals surface area contributed by atoms with E-state index in [4.69, 9.17) is 0 Å². The van der Waals surface area contributed by atoms with Crippen LogP contribution in [0.15, 0.2) is 109 Å². The zero-order valence-corrected chi connectivity index (χ0v) is 29.4. The van der Waals surface area contributed by atoms with Crippen molar-refractivity contribution < 1.29 is 0 Å². The van der Waals surface area contributed by atoms with Crippen LogP contribution in [0.25, 0.3) is 77.2 Å². The van der Waals surface area contributed by atoms with Crippen LogP contribution in [-0.4, -0.2) is 0 Å². The van der Waals surface area contributed by atoms with E-state index < -0.39 is 0 Å². The molecule has 230 valence electrons. The molecule has 0 radical (unpaired) electrons. The van der Waals surface area contributed by atoms with E-state index in [-0.39, 0.29) is 0 Å². The average Bonchev–Trinajstić information content (AvgIpc) is 3.65. The van der Waals surface area contributed by atoms with E-state index in [2.05, 4.69) is 109 Å². The molecule has 0 unspecified atom stereocenters. The highest BCUT2D eigenvalue weighted by atomic mass is 14.3. The van der Waals surface area contributed by atoms with Gasteiger partial charge in [0, 0.05) is 0 Å². The third kappa shape index (κ3) is 6.09. The van der Waals surface area contributed by atoms with Crippen molar-refractivity contribution >= 4 is 21.5 Å². The Morgan fingerprint density at radius 2 is 0.432 bits per heavy atom. The standard InChI is InChI=1S/C32H18.6C2H6/c1-3-9-21-19(7-1)25-11-5-13-27-23(15-17-29(21)31(25)27)24-16-18-30-22-10-4-2-8-20(22)26-12-6-14-28(24)32(26)30;6*1-2/h1-18H;6*1-2H3. The SMILES string of the molecule is CC.CC.CC.CC.CC.CC.c1ccc2c(c1)-c1cccc3c(-c4ccc5c6c(cccc46)-c4ccccc4-5)ccc-2c13. The van der Waals surface area contributed by atoms with Gasteiger partial charge in [0.25, 0.3) is 0 Å². The van der Waals surface area contributed by atoms with Gasteiger partial charge in [0.1, 0.15) is 0 Å². The zero-order valence-electron chi connectivity index (χ0n) is 29.4. The molecule has 8 rings (SSSR count). The molecule has 2 aliphatic rings. The Labute approximate surface area is 268 Å². The monoisotopic (exact) mass is 582 g/mol. The summed E-state index contributed by atoms with van der Waals surface area (Å²) in [7, 11) is 0. The van der Waals surface area contributed by atoms with Gasteiger partial charge in [-0.15, -0.1) is 0 Å². The third-order valence-electron chi connectivity index (χ3n) is 7.39. The van der Waals surface area contributed by atoms with E-state index in [0.29, 0.717) is 0 Å². The Morgan fingerprint density at radius 3 is 0.727 bits per heavy atom. The molecule has 0 heteroatoms. The lowest BCUT2D eigenvalue weighted by molar-refractivity contribution is 1.50. The lowest BCUT2D eigenvalue weighted by atomic mass is 9.90. The second kappa shape index (κ2) is 17.8. The maximum absolute atomic E-state index is 2.33. The topological polar surface area (TPSA) is 0 Å². The van der Waals surface area contributed by atoms with Crippen LogP contribution in [0.1, 0.15) is 83.1 Å². The first-order chi connectivity index (χ1) is 21.9. The Morgan fingerprint density at radius 1 is 0.205 bits per heavy atom. The maximum Gasteiger partial charge on any atom is -0.00201 e. The van der Waals surface area contributed by atoms with Gasteiger partial charge in [0.05, 0.1) is 0 Å². The van der Waals surface area contributed by atoms with Crippen LogP contribution >= 0.6 is 0 Å². The van der Waals surface area contributed by atoms with Gasteiger partial charge in [0.15, 0.2) is 0 Å². The summed E-state index contributed by atoms with van der Waals surface area (Å²) in [6, 6.07) is 40.4. The highest BCUT2D eigenvalue weighted by molar-refractivity contribution is 6.23. The van der Waals surface area contributed by atoms with Gasteiger partial charge >= 0.3 is 0 Å². The fourth-order valence-corrected chi connectivity index (χ4v) is 6.09. The third-order valence-corrected chi connectivity index (χ3v) is 7.39. The lowest BCUT2D eigenvalue weighted by Crippen LogP contribution is -1.86. The molecular formula is C44H54. The van der Waals surface area contributed by atoms with Gasteiger partial charge in [-0.1, -0.05) is 192 Å². The van der Waals surface area contributed by atoms with Crippen LogP contribution in [0.5, 0.6) is 0 Å². The van der Waals surface area contributed by atoms with Crippen molar-refractivity contribution in [3.05, 3.63) is 109 Å². The normalized spacial score (nSPS) is 9.82. The van der Waals surface area contributed by atoms with Crippen molar-refractivity contribution in [2.45, 2.75) is 83.1 Å². The molecule has 2 aliphatic carbocycles. The molecule has 0 heterocycles. The smallest absolute Gasteiger partial charge is 0.00201 e. The second-order valence-corrected chi connectivity index (χ2v) is 8.87. The molecule has 6 aromatic rings. The summed E-state index contributed by atoms with van der Waals surface area (Å²) < 4.78 is 0. The fourth-order valence-electron chi connectivity index (χ4n) is 6.09. The number of fused-ring (bicyclic) bond motifs is 6. The van der Waals surface area contributed by atoms with Crippen LogP contribution in [0, 0.1) is 0 Å². The van der Waals surface area contributed by atoms with Gasteiger partial charge in [0.2, 0.25) is 0 Å². The summed E-state index contributed by atoms with van der Waals surface area (Å²) in [5.74, 6) is 0. The van der Waals surface area contributed by atoms with Crippen molar-refractivity contribution in [2.24, 2.45) is 0 Å². The summed E-state index contributed by atoms with van der Waals surface area (Å²) in [5, 5.41) is 5.45. The Kier molecular flexibility index (Phi) is 14.6. The van der Waals surface area contributed by atoms with Gasteiger partial charge in [-0.05, 0) is 77.2 Å². The van der Waals surface area contributed by atoms with Crippen LogP contribution in [0.3, 0.4) is 0 Å². The van der Waals surface area contributed by atoms with E-state index in [9.17, 15) is 0 Å². The van der Waals surface area contributed by atoms with Crippen molar-refractivity contribution in [3.63, 3.8) is 0 Å². The Balaban J connectivity index is 0.000000509. The Hall–Kier alpha value is -4.16. The first kappa shape index (κ1) is 36.0. The highest BCUT2D eigenvalue weighted by Crippen LogP contribution is 2.52. The molecule has 0 aliphatic heterocycles. The van der Waals surface area contributed by atoms with Gasteiger partial charge in [-0.25, -0.2) is 0 Å². The van der Waals surface area contributed by atoms with Crippen LogP contribution < -0.4 is 0 Å². The predicted octanol–water partition coefficient (Wildman–Crippen LogP) is 15.1. The molecule has 6 aromatic carbocycles. The summed E-state index contributed by atoms with van der Waals surface area (Å²) in [6.07, 6.45) is 0. The lowest BCUT2D eigenvalue weighted by Gasteiger charge is -2.13. The van der Waals surface area contributed by atoms with Crippen molar-refractivity contribution in [1.29, 1.82) is 0 Å². The van der Waals surface area contributed by atoms with Gasteiger partial charge in [-0.2, -0.15) is 0 Å².